The predicted octanol–water partition coefficient (Wildman–Crippen LogP) is 3.10. The molecule has 1 saturated carbocycles. The van der Waals surface area contributed by atoms with E-state index in [0.29, 0.717) is 11.2 Å². The van der Waals surface area contributed by atoms with Crippen molar-refractivity contribution < 1.29 is 4.79 Å². The Morgan fingerprint density at radius 3 is 2.77 bits per heavy atom. The summed E-state index contributed by atoms with van der Waals surface area (Å²) in [5.41, 5.74) is 1.36. The minimum absolute atomic E-state index is 0.0190. The largest absolute Gasteiger partial charge is 0.294 e. The van der Waals surface area contributed by atoms with Crippen molar-refractivity contribution in [1.82, 2.24) is 0 Å². The summed E-state index contributed by atoms with van der Waals surface area (Å²) in [6, 6.07) is 0. The molecule has 0 aromatic carbocycles. The summed E-state index contributed by atoms with van der Waals surface area (Å²) in [4.78, 5) is 11.9. The zero-order chi connectivity index (χ0) is 9.69. The van der Waals surface area contributed by atoms with E-state index in [4.69, 9.17) is 0 Å². The van der Waals surface area contributed by atoms with E-state index in [1.54, 1.807) is 0 Å². The molecule has 1 heteroatoms. The molecule has 0 heterocycles. The van der Waals surface area contributed by atoms with Crippen molar-refractivity contribution in [2.75, 3.05) is 0 Å². The first-order valence-electron chi connectivity index (χ1n) is 5.26. The first-order valence-corrected chi connectivity index (χ1v) is 5.26. The maximum absolute atomic E-state index is 11.9. The lowest BCUT2D eigenvalue weighted by atomic mass is 9.70. The van der Waals surface area contributed by atoms with Gasteiger partial charge in [0.05, 0.1) is 0 Å². The number of carbonyl (C=O) groups is 1. The van der Waals surface area contributed by atoms with Gasteiger partial charge in [-0.15, -0.1) is 0 Å². The van der Waals surface area contributed by atoms with Gasteiger partial charge in [-0.2, -0.15) is 0 Å². The molecular weight excluding hydrogens is 160 g/mol. The Morgan fingerprint density at radius 1 is 1.46 bits per heavy atom. The number of hydrogen-bond donors (Lipinski definition) is 0. The molecule has 2 atom stereocenters. The zero-order valence-corrected chi connectivity index (χ0v) is 8.81. The van der Waals surface area contributed by atoms with Crippen molar-refractivity contribution in [2.24, 2.45) is 10.8 Å². The summed E-state index contributed by atoms with van der Waals surface area (Å²) in [6.45, 7) is 6.37. The fourth-order valence-electron chi connectivity index (χ4n) is 3.20. The molecule has 13 heavy (non-hydrogen) atoms. The highest BCUT2D eigenvalue weighted by atomic mass is 16.1. The Bertz CT molecular complexity index is 289. The van der Waals surface area contributed by atoms with Crippen LogP contribution >= 0.6 is 0 Å². The molecule has 2 rings (SSSR count). The minimum atomic E-state index is -0.0190. The van der Waals surface area contributed by atoms with Crippen LogP contribution in [-0.2, 0) is 4.79 Å². The highest BCUT2D eigenvalue weighted by Crippen LogP contribution is 2.56. The number of ketones is 1. The van der Waals surface area contributed by atoms with Crippen LogP contribution in [0.4, 0.5) is 0 Å². The quantitative estimate of drug-likeness (QED) is 0.603. The molecule has 2 aliphatic carbocycles. The number of hydrogen-bond acceptors (Lipinski definition) is 1. The second kappa shape index (κ2) is 2.46. The lowest BCUT2D eigenvalue weighted by Gasteiger charge is -2.33. The van der Waals surface area contributed by atoms with Crippen LogP contribution in [0.15, 0.2) is 11.6 Å². The normalized spacial score (nSPS) is 43.6. The Morgan fingerprint density at radius 2 is 2.15 bits per heavy atom. The van der Waals surface area contributed by atoms with Crippen molar-refractivity contribution in [3.63, 3.8) is 0 Å². The van der Waals surface area contributed by atoms with E-state index in [0.717, 1.165) is 18.4 Å². The number of fused-ring (bicyclic) bond motifs is 2. The molecule has 1 nitrogen and oxygen atoms in total. The van der Waals surface area contributed by atoms with E-state index < -0.39 is 0 Å². The summed E-state index contributed by atoms with van der Waals surface area (Å²) in [5, 5.41) is 0. The summed E-state index contributed by atoms with van der Waals surface area (Å²) in [6.07, 6.45) is 6.82. The van der Waals surface area contributed by atoms with E-state index in [2.05, 4.69) is 19.9 Å². The van der Waals surface area contributed by atoms with Crippen molar-refractivity contribution in [3.05, 3.63) is 11.6 Å². The fourth-order valence-corrected chi connectivity index (χ4v) is 3.20. The topological polar surface area (TPSA) is 17.1 Å². The van der Waals surface area contributed by atoms with Crippen LogP contribution in [0.5, 0.6) is 0 Å². The smallest absolute Gasteiger partial charge is 0.164 e. The molecule has 72 valence electrons. The zero-order valence-electron chi connectivity index (χ0n) is 8.81. The summed E-state index contributed by atoms with van der Waals surface area (Å²) >= 11 is 0. The van der Waals surface area contributed by atoms with Gasteiger partial charge in [-0.25, -0.2) is 0 Å². The van der Waals surface area contributed by atoms with Crippen LogP contribution in [0.1, 0.15) is 46.5 Å². The molecule has 2 bridgehead atoms. The minimum Gasteiger partial charge on any atom is -0.294 e. The lowest BCUT2D eigenvalue weighted by molar-refractivity contribution is -0.124. The summed E-state index contributed by atoms with van der Waals surface area (Å²) in [7, 11) is 0. The Labute approximate surface area is 80.2 Å². The van der Waals surface area contributed by atoms with E-state index in [1.807, 2.05) is 6.92 Å². The molecule has 0 amide bonds. The second-order valence-electron chi connectivity index (χ2n) is 5.11. The van der Waals surface area contributed by atoms with E-state index in [1.165, 1.54) is 12.8 Å². The first kappa shape index (κ1) is 8.98. The highest BCUT2D eigenvalue weighted by Gasteiger charge is 2.50. The highest BCUT2D eigenvalue weighted by molar-refractivity contribution is 6.00. The van der Waals surface area contributed by atoms with Gasteiger partial charge in [-0.1, -0.05) is 19.9 Å². The van der Waals surface area contributed by atoms with Crippen molar-refractivity contribution >= 4 is 5.78 Å². The van der Waals surface area contributed by atoms with Crippen LogP contribution in [-0.4, -0.2) is 5.78 Å². The van der Waals surface area contributed by atoms with E-state index >= 15 is 0 Å². The third-order valence-corrected chi connectivity index (χ3v) is 4.05. The molecule has 2 aliphatic rings. The molecule has 0 aromatic heterocycles. The maximum Gasteiger partial charge on any atom is 0.164 e. The van der Waals surface area contributed by atoms with Gasteiger partial charge in [-0.05, 0) is 43.6 Å². The van der Waals surface area contributed by atoms with Crippen LogP contribution in [0.2, 0.25) is 0 Å². The average molecular weight is 178 g/mol. The Balaban J connectivity index is 2.46. The third-order valence-electron chi connectivity index (χ3n) is 4.05. The molecule has 1 fully saturated rings. The lowest BCUT2D eigenvalue weighted by Crippen LogP contribution is -2.32. The van der Waals surface area contributed by atoms with Crippen LogP contribution in [0.3, 0.4) is 0 Å². The number of Topliss-reactive ketones (excluding diaryl/α,β-unsaturated/α-hetero) is 1. The van der Waals surface area contributed by atoms with Gasteiger partial charge in [0.15, 0.2) is 5.78 Å². The van der Waals surface area contributed by atoms with Gasteiger partial charge in [0.25, 0.3) is 0 Å². The van der Waals surface area contributed by atoms with Gasteiger partial charge < -0.3 is 0 Å². The second-order valence-corrected chi connectivity index (χ2v) is 5.11. The van der Waals surface area contributed by atoms with Gasteiger partial charge in [0.1, 0.15) is 0 Å². The molecule has 0 saturated heterocycles. The maximum atomic E-state index is 11.9. The number of allylic oxidation sites excluding steroid dienone is 2. The van der Waals surface area contributed by atoms with E-state index in [9.17, 15) is 4.79 Å². The van der Waals surface area contributed by atoms with E-state index in [-0.39, 0.29) is 5.41 Å². The summed E-state index contributed by atoms with van der Waals surface area (Å²) in [5.74, 6) is 0.397. The molecule has 2 unspecified atom stereocenters. The third kappa shape index (κ3) is 1.09. The number of carbonyl (C=O) groups excluding carboxylic acids is 1. The van der Waals surface area contributed by atoms with Crippen LogP contribution in [0.25, 0.3) is 0 Å². The number of rotatable bonds is 1. The SMILES string of the molecule is CCC12C=C(C)C(=O)C(C)(CC1)C2. The molecular formula is C12H18O. The van der Waals surface area contributed by atoms with Crippen LogP contribution in [0, 0.1) is 10.8 Å². The molecule has 0 aromatic rings. The van der Waals surface area contributed by atoms with Gasteiger partial charge in [0.2, 0.25) is 0 Å². The van der Waals surface area contributed by atoms with Crippen molar-refractivity contribution in [3.8, 4) is 0 Å². The monoisotopic (exact) mass is 178 g/mol. The van der Waals surface area contributed by atoms with Crippen LogP contribution < -0.4 is 0 Å². The summed E-state index contributed by atoms with van der Waals surface area (Å²) < 4.78 is 0. The standard InChI is InChI=1S/C12H18O/c1-4-12-6-5-11(3,8-12)10(13)9(2)7-12/h7H,4-6,8H2,1-3H3. The Hall–Kier alpha value is -0.590. The van der Waals surface area contributed by atoms with Crippen molar-refractivity contribution in [2.45, 2.75) is 46.5 Å². The molecule has 0 N–H and O–H groups in total. The fraction of sp³-hybridized carbons (Fsp3) is 0.750. The molecule has 0 aliphatic heterocycles. The van der Waals surface area contributed by atoms with Gasteiger partial charge in [0, 0.05) is 5.41 Å². The van der Waals surface area contributed by atoms with Gasteiger partial charge >= 0.3 is 0 Å². The Kier molecular flexibility index (Phi) is 1.70. The first-order chi connectivity index (χ1) is 6.01. The predicted molar refractivity (Wildman–Crippen MR) is 53.4 cm³/mol. The van der Waals surface area contributed by atoms with Gasteiger partial charge in [-0.3, -0.25) is 4.79 Å². The molecule has 0 radical (unpaired) electrons. The average Bonchev–Trinajstić information content (AvgIpc) is 2.40. The molecule has 0 spiro atoms. The van der Waals surface area contributed by atoms with Crippen molar-refractivity contribution in [1.29, 1.82) is 0 Å².